The predicted molar refractivity (Wildman–Crippen MR) is 119 cm³/mol. The van der Waals surface area contributed by atoms with Gasteiger partial charge in [0.15, 0.2) is 11.0 Å². The molecule has 0 aliphatic heterocycles. The van der Waals surface area contributed by atoms with Gasteiger partial charge in [-0.15, -0.1) is 10.2 Å². The number of anilines is 3. The molecule has 0 saturated carbocycles. The SMILES string of the molecule is CCn1c(SCc2nc(N)nc(Nc3ccc(F)cc3)n2)nnc1-c1cccc(C)c1. The van der Waals surface area contributed by atoms with Gasteiger partial charge >= 0.3 is 0 Å². The van der Waals surface area contributed by atoms with E-state index in [1.807, 2.05) is 12.1 Å². The Hall–Kier alpha value is -3.53. The second-order valence-corrected chi connectivity index (χ2v) is 7.72. The minimum atomic E-state index is -0.317. The fraction of sp³-hybridized carbons (Fsp3) is 0.190. The number of nitrogen functional groups attached to an aromatic ring is 1. The first kappa shape index (κ1) is 20.7. The summed E-state index contributed by atoms with van der Waals surface area (Å²) in [5, 5.41) is 12.5. The number of thioether (sulfide) groups is 1. The Morgan fingerprint density at radius 1 is 1.06 bits per heavy atom. The molecule has 0 fully saturated rings. The number of aromatic nitrogens is 6. The van der Waals surface area contributed by atoms with Gasteiger partial charge in [0.1, 0.15) is 11.6 Å². The number of halogens is 1. The van der Waals surface area contributed by atoms with Crippen LogP contribution in [0.4, 0.5) is 22.0 Å². The molecule has 2 heterocycles. The number of hydrogen-bond acceptors (Lipinski definition) is 8. The number of rotatable bonds is 7. The first-order valence-electron chi connectivity index (χ1n) is 9.68. The molecule has 2 aromatic heterocycles. The highest BCUT2D eigenvalue weighted by atomic mass is 32.2. The molecule has 0 radical (unpaired) electrons. The second kappa shape index (κ2) is 9.09. The lowest BCUT2D eigenvalue weighted by atomic mass is 10.1. The zero-order chi connectivity index (χ0) is 21.8. The molecular weight excluding hydrogens is 415 g/mol. The van der Waals surface area contributed by atoms with Gasteiger partial charge in [0.2, 0.25) is 11.9 Å². The Kier molecular flexibility index (Phi) is 6.08. The molecule has 3 N–H and O–H groups in total. The van der Waals surface area contributed by atoms with Gasteiger partial charge in [-0.2, -0.15) is 15.0 Å². The van der Waals surface area contributed by atoms with Gasteiger partial charge in [-0.05, 0) is 44.2 Å². The van der Waals surface area contributed by atoms with Crippen LogP contribution in [0.5, 0.6) is 0 Å². The number of hydrogen-bond donors (Lipinski definition) is 2. The smallest absolute Gasteiger partial charge is 0.232 e. The summed E-state index contributed by atoms with van der Waals surface area (Å²) in [6, 6.07) is 14.1. The fourth-order valence-electron chi connectivity index (χ4n) is 3.03. The van der Waals surface area contributed by atoms with E-state index < -0.39 is 0 Å². The zero-order valence-corrected chi connectivity index (χ0v) is 17.9. The fourth-order valence-corrected chi connectivity index (χ4v) is 3.89. The van der Waals surface area contributed by atoms with Crippen molar-refractivity contribution in [1.29, 1.82) is 0 Å². The predicted octanol–water partition coefficient (Wildman–Crippen LogP) is 4.22. The van der Waals surface area contributed by atoms with E-state index in [0.29, 0.717) is 23.2 Å². The van der Waals surface area contributed by atoms with Crippen LogP contribution in [0.1, 0.15) is 18.3 Å². The summed E-state index contributed by atoms with van der Waals surface area (Å²) in [6.07, 6.45) is 0. The first-order valence-corrected chi connectivity index (χ1v) is 10.7. The lowest BCUT2D eigenvalue weighted by Gasteiger charge is -2.09. The van der Waals surface area contributed by atoms with Gasteiger partial charge in [-0.3, -0.25) is 0 Å². The van der Waals surface area contributed by atoms with Crippen molar-refractivity contribution < 1.29 is 4.39 Å². The Morgan fingerprint density at radius 2 is 1.87 bits per heavy atom. The van der Waals surface area contributed by atoms with Crippen molar-refractivity contribution in [3.05, 3.63) is 65.7 Å². The molecule has 158 valence electrons. The number of nitrogens with one attached hydrogen (secondary N) is 1. The molecule has 4 aromatic rings. The van der Waals surface area contributed by atoms with E-state index >= 15 is 0 Å². The molecule has 4 rings (SSSR count). The van der Waals surface area contributed by atoms with Crippen LogP contribution in [0.3, 0.4) is 0 Å². The molecule has 0 atom stereocenters. The quantitative estimate of drug-likeness (QED) is 0.415. The van der Waals surface area contributed by atoms with Gasteiger partial charge in [0, 0.05) is 17.8 Å². The highest BCUT2D eigenvalue weighted by Gasteiger charge is 2.15. The first-order chi connectivity index (χ1) is 15.0. The molecule has 0 unspecified atom stereocenters. The lowest BCUT2D eigenvalue weighted by Crippen LogP contribution is -2.07. The van der Waals surface area contributed by atoms with Gasteiger partial charge in [0.25, 0.3) is 0 Å². The molecule has 0 aliphatic carbocycles. The van der Waals surface area contributed by atoms with Crippen LogP contribution >= 0.6 is 11.8 Å². The van der Waals surface area contributed by atoms with Crippen molar-refractivity contribution in [3.63, 3.8) is 0 Å². The number of benzene rings is 2. The van der Waals surface area contributed by atoms with Gasteiger partial charge in [-0.25, -0.2) is 4.39 Å². The number of nitrogens with zero attached hydrogens (tertiary/aromatic N) is 6. The van der Waals surface area contributed by atoms with Gasteiger partial charge < -0.3 is 15.6 Å². The van der Waals surface area contributed by atoms with Gasteiger partial charge in [-0.1, -0.05) is 35.5 Å². The molecule has 0 saturated heterocycles. The largest absolute Gasteiger partial charge is 0.368 e. The van der Waals surface area contributed by atoms with E-state index in [-0.39, 0.29) is 11.8 Å². The van der Waals surface area contributed by atoms with Crippen LogP contribution in [0.15, 0.2) is 53.7 Å². The van der Waals surface area contributed by atoms with Crippen LogP contribution in [0, 0.1) is 12.7 Å². The van der Waals surface area contributed by atoms with E-state index in [2.05, 4.69) is 61.0 Å². The van der Waals surface area contributed by atoms with Gasteiger partial charge in [0.05, 0.1) is 5.75 Å². The summed E-state index contributed by atoms with van der Waals surface area (Å²) in [6.45, 7) is 4.84. The maximum absolute atomic E-state index is 13.1. The summed E-state index contributed by atoms with van der Waals surface area (Å²) in [5.41, 5.74) is 8.69. The van der Waals surface area contributed by atoms with E-state index in [1.54, 1.807) is 12.1 Å². The molecule has 0 aliphatic rings. The average Bonchev–Trinajstić information content (AvgIpc) is 3.16. The van der Waals surface area contributed by atoms with Crippen LogP contribution in [0.25, 0.3) is 11.4 Å². The van der Waals surface area contributed by atoms with Crippen LogP contribution in [-0.4, -0.2) is 29.7 Å². The third-order valence-corrected chi connectivity index (χ3v) is 5.40. The Bertz CT molecular complexity index is 1190. The van der Waals surface area contributed by atoms with Crippen LogP contribution in [-0.2, 0) is 12.3 Å². The Morgan fingerprint density at radius 3 is 2.61 bits per heavy atom. The molecule has 10 heteroatoms. The standard InChI is InChI=1S/C21H21FN8S/c1-3-30-18(14-6-4-5-13(2)11-14)28-29-21(30)31-12-17-25-19(23)27-20(26-17)24-16-9-7-15(22)8-10-16/h4-11H,3,12H2,1-2H3,(H3,23,24,25,26,27). The van der Waals surface area contributed by atoms with Crippen molar-refractivity contribution in [1.82, 2.24) is 29.7 Å². The molecule has 2 aromatic carbocycles. The van der Waals surface area contributed by atoms with Crippen molar-refractivity contribution in [2.45, 2.75) is 31.3 Å². The Balaban J connectivity index is 1.51. The zero-order valence-electron chi connectivity index (χ0n) is 17.1. The third kappa shape index (κ3) is 4.97. The minimum Gasteiger partial charge on any atom is -0.368 e. The molecular formula is C21H21FN8S. The van der Waals surface area contributed by atoms with Crippen LogP contribution in [0.2, 0.25) is 0 Å². The molecule has 0 amide bonds. The average molecular weight is 437 g/mol. The normalized spacial score (nSPS) is 10.9. The van der Waals surface area contributed by atoms with Crippen molar-refractivity contribution >= 4 is 29.3 Å². The number of aryl methyl sites for hydroxylation is 1. The van der Waals surface area contributed by atoms with Crippen molar-refractivity contribution in [2.24, 2.45) is 0 Å². The topological polar surface area (TPSA) is 107 Å². The van der Waals surface area contributed by atoms with E-state index in [1.165, 1.54) is 29.5 Å². The Labute approximate surface area is 183 Å². The van der Waals surface area contributed by atoms with E-state index in [9.17, 15) is 4.39 Å². The number of nitrogens with two attached hydrogens (primary N) is 1. The summed E-state index contributed by atoms with van der Waals surface area (Å²) in [7, 11) is 0. The molecule has 31 heavy (non-hydrogen) atoms. The summed E-state index contributed by atoms with van der Waals surface area (Å²) >= 11 is 1.47. The molecule has 0 bridgehead atoms. The summed E-state index contributed by atoms with van der Waals surface area (Å²) in [5.74, 6) is 1.85. The summed E-state index contributed by atoms with van der Waals surface area (Å²) < 4.78 is 15.2. The monoisotopic (exact) mass is 436 g/mol. The maximum atomic E-state index is 13.1. The highest BCUT2D eigenvalue weighted by molar-refractivity contribution is 7.98. The molecule has 0 spiro atoms. The summed E-state index contributed by atoms with van der Waals surface area (Å²) in [4.78, 5) is 12.7. The second-order valence-electron chi connectivity index (χ2n) is 6.77. The molecule has 8 nitrogen and oxygen atoms in total. The third-order valence-electron chi connectivity index (χ3n) is 4.44. The van der Waals surface area contributed by atoms with Crippen molar-refractivity contribution in [2.75, 3.05) is 11.1 Å². The van der Waals surface area contributed by atoms with E-state index in [4.69, 9.17) is 5.73 Å². The lowest BCUT2D eigenvalue weighted by molar-refractivity contribution is 0.628. The van der Waals surface area contributed by atoms with Crippen LogP contribution < -0.4 is 11.1 Å². The minimum absolute atomic E-state index is 0.104. The van der Waals surface area contributed by atoms with E-state index in [0.717, 1.165) is 23.1 Å². The maximum Gasteiger partial charge on any atom is 0.232 e. The van der Waals surface area contributed by atoms with Crippen molar-refractivity contribution in [3.8, 4) is 11.4 Å². The highest BCUT2D eigenvalue weighted by Crippen LogP contribution is 2.26.